The Balaban J connectivity index is 1.72. The number of nitrogens with zero attached hydrogens (tertiary/aromatic N) is 2. The number of hydrogen-bond donors (Lipinski definition) is 2. The second kappa shape index (κ2) is 11.2. The van der Waals surface area contributed by atoms with Crippen molar-refractivity contribution < 1.29 is 10.2 Å². The van der Waals surface area contributed by atoms with Crippen LogP contribution in [-0.4, -0.2) is 34.7 Å². The summed E-state index contributed by atoms with van der Waals surface area (Å²) in [6.45, 7) is 17.3. The van der Waals surface area contributed by atoms with E-state index in [1.165, 1.54) is 11.1 Å². The topological polar surface area (TPSA) is 65.2 Å². The van der Waals surface area contributed by atoms with E-state index in [-0.39, 0.29) is 22.9 Å². The molecule has 0 aromatic heterocycles. The summed E-state index contributed by atoms with van der Waals surface area (Å²) < 4.78 is 0. The molecule has 36 heavy (non-hydrogen) atoms. The third-order valence-electron chi connectivity index (χ3n) is 6.72. The van der Waals surface area contributed by atoms with Crippen molar-refractivity contribution in [1.82, 2.24) is 0 Å². The Morgan fingerprint density at radius 1 is 0.722 bits per heavy atom. The number of phenols is 2. The van der Waals surface area contributed by atoms with Gasteiger partial charge in [-0.25, -0.2) is 0 Å². The lowest BCUT2D eigenvalue weighted by atomic mass is 9.87. The summed E-state index contributed by atoms with van der Waals surface area (Å²) in [5, 5.41) is 21.2. The molecule has 0 radical (unpaired) electrons. The summed E-state index contributed by atoms with van der Waals surface area (Å²) in [5.41, 5.74) is 6.23. The minimum atomic E-state index is 0.186. The number of hydrogen-bond acceptors (Lipinski definition) is 4. The summed E-state index contributed by atoms with van der Waals surface area (Å²) in [5.74, 6) is 0.644. The van der Waals surface area contributed by atoms with Gasteiger partial charge in [-0.3, -0.25) is 9.98 Å². The van der Waals surface area contributed by atoms with Crippen molar-refractivity contribution in [3.05, 3.63) is 57.6 Å². The predicted molar refractivity (Wildman–Crippen MR) is 153 cm³/mol. The molecule has 2 aromatic carbocycles. The average Bonchev–Trinajstić information content (AvgIpc) is 2.74. The lowest BCUT2D eigenvalue weighted by molar-refractivity contribution is 0.397. The summed E-state index contributed by atoms with van der Waals surface area (Å²) >= 11 is 0. The fourth-order valence-electron chi connectivity index (χ4n) is 5.17. The first kappa shape index (κ1) is 28.0. The van der Waals surface area contributed by atoms with Crippen LogP contribution in [-0.2, 0) is 12.8 Å². The normalized spacial score (nSPS) is 19.4. The maximum absolute atomic E-state index is 10.6. The van der Waals surface area contributed by atoms with Gasteiger partial charge in [0.15, 0.2) is 0 Å². The Kier molecular flexibility index (Phi) is 8.69. The molecule has 2 atom stereocenters. The van der Waals surface area contributed by atoms with Gasteiger partial charge in [0.1, 0.15) is 11.5 Å². The van der Waals surface area contributed by atoms with Crippen molar-refractivity contribution in [2.24, 2.45) is 20.8 Å². The summed E-state index contributed by atoms with van der Waals surface area (Å²) in [6, 6.07) is 8.69. The number of aromatic hydroxyl groups is 2. The van der Waals surface area contributed by atoms with E-state index >= 15 is 0 Å². The van der Waals surface area contributed by atoms with Crippen molar-refractivity contribution >= 4 is 12.4 Å². The SMILES string of the molecule is Cc1cc(CC(C)(C)C)cc(C=NC2CCCC(N=Cc3cc(CC(C)(C)C)cc(C)c3O)C2)c1O. The molecule has 3 rings (SSSR count). The first-order valence-electron chi connectivity index (χ1n) is 13.4. The van der Waals surface area contributed by atoms with Crippen molar-refractivity contribution in [3.63, 3.8) is 0 Å². The monoisotopic (exact) mass is 490 g/mol. The highest BCUT2D eigenvalue weighted by Gasteiger charge is 2.21. The molecule has 0 amide bonds. The molecule has 1 aliphatic carbocycles. The molecule has 0 spiro atoms. The average molecular weight is 491 g/mol. The van der Waals surface area contributed by atoms with Crippen LogP contribution in [0.5, 0.6) is 11.5 Å². The highest BCUT2D eigenvalue weighted by Crippen LogP contribution is 2.30. The van der Waals surface area contributed by atoms with E-state index < -0.39 is 0 Å². The smallest absolute Gasteiger partial charge is 0.127 e. The molecule has 1 fully saturated rings. The zero-order chi connectivity index (χ0) is 26.7. The van der Waals surface area contributed by atoms with Crippen molar-refractivity contribution in [1.29, 1.82) is 0 Å². The maximum atomic E-state index is 10.6. The highest BCUT2D eigenvalue weighted by atomic mass is 16.3. The van der Waals surface area contributed by atoms with Crippen LogP contribution in [0.2, 0.25) is 0 Å². The minimum absolute atomic E-state index is 0.186. The van der Waals surface area contributed by atoms with Crippen LogP contribution in [0.4, 0.5) is 0 Å². The molecule has 196 valence electrons. The Labute approximate surface area is 218 Å². The number of aliphatic imine (C=N–C) groups is 2. The van der Waals surface area contributed by atoms with E-state index in [1.54, 1.807) is 0 Å². The summed E-state index contributed by atoms with van der Waals surface area (Å²) in [4.78, 5) is 9.75. The molecule has 4 heteroatoms. The van der Waals surface area contributed by atoms with Gasteiger partial charge in [-0.15, -0.1) is 0 Å². The molecule has 2 aromatic rings. The van der Waals surface area contributed by atoms with Crippen LogP contribution in [0.25, 0.3) is 0 Å². The molecule has 2 N–H and O–H groups in total. The van der Waals surface area contributed by atoms with Gasteiger partial charge in [0.25, 0.3) is 0 Å². The Hall–Kier alpha value is -2.62. The Bertz CT molecular complexity index is 1030. The van der Waals surface area contributed by atoms with Crippen molar-refractivity contribution in [2.45, 2.75) is 106 Å². The maximum Gasteiger partial charge on any atom is 0.127 e. The van der Waals surface area contributed by atoms with Crippen LogP contribution in [0.1, 0.15) is 101 Å². The molecule has 1 saturated carbocycles. The zero-order valence-electron chi connectivity index (χ0n) is 23.7. The molecule has 0 heterocycles. The van der Waals surface area contributed by atoms with E-state index in [1.807, 2.05) is 26.3 Å². The highest BCUT2D eigenvalue weighted by molar-refractivity contribution is 5.85. The number of aryl methyl sites for hydroxylation is 2. The van der Waals surface area contributed by atoms with E-state index in [0.717, 1.165) is 60.8 Å². The lowest BCUT2D eigenvalue weighted by Gasteiger charge is -2.24. The Morgan fingerprint density at radius 2 is 1.11 bits per heavy atom. The number of phenolic OH excluding ortho intramolecular Hbond substituents is 2. The van der Waals surface area contributed by atoms with Crippen LogP contribution >= 0.6 is 0 Å². The third-order valence-corrected chi connectivity index (χ3v) is 6.72. The van der Waals surface area contributed by atoms with Crippen molar-refractivity contribution in [3.8, 4) is 11.5 Å². The van der Waals surface area contributed by atoms with Gasteiger partial charge in [-0.1, -0.05) is 53.7 Å². The lowest BCUT2D eigenvalue weighted by Crippen LogP contribution is -2.21. The predicted octanol–water partition coefficient (Wildman–Crippen LogP) is 7.74. The largest absolute Gasteiger partial charge is 0.507 e. The summed E-state index contributed by atoms with van der Waals surface area (Å²) in [6.07, 6.45) is 9.67. The Morgan fingerprint density at radius 3 is 1.47 bits per heavy atom. The zero-order valence-corrected chi connectivity index (χ0v) is 23.7. The van der Waals surface area contributed by atoms with E-state index in [4.69, 9.17) is 9.98 Å². The van der Waals surface area contributed by atoms with Crippen LogP contribution in [0.15, 0.2) is 34.3 Å². The van der Waals surface area contributed by atoms with Gasteiger partial charge in [0.2, 0.25) is 0 Å². The molecule has 2 unspecified atom stereocenters. The summed E-state index contributed by atoms with van der Waals surface area (Å²) in [7, 11) is 0. The quantitative estimate of drug-likeness (QED) is 0.407. The van der Waals surface area contributed by atoms with Gasteiger partial charge in [0, 0.05) is 23.6 Å². The van der Waals surface area contributed by atoms with Crippen LogP contribution in [0, 0.1) is 24.7 Å². The second-order valence-electron chi connectivity index (χ2n) is 13.2. The van der Waals surface area contributed by atoms with E-state index in [9.17, 15) is 10.2 Å². The molecule has 0 bridgehead atoms. The van der Waals surface area contributed by atoms with Crippen LogP contribution < -0.4 is 0 Å². The molecule has 4 nitrogen and oxygen atoms in total. The van der Waals surface area contributed by atoms with Crippen LogP contribution in [0.3, 0.4) is 0 Å². The first-order chi connectivity index (χ1) is 16.7. The van der Waals surface area contributed by atoms with E-state index in [0.29, 0.717) is 11.5 Å². The van der Waals surface area contributed by atoms with Gasteiger partial charge in [-0.2, -0.15) is 0 Å². The van der Waals surface area contributed by atoms with Gasteiger partial charge in [0.05, 0.1) is 12.1 Å². The van der Waals surface area contributed by atoms with E-state index in [2.05, 4.69) is 65.8 Å². The molecule has 0 saturated heterocycles. The third kappa shape index (κ3) is 8.21. The molecule has 0 aliphatic heterocycles. The number of rotatable bonds is 6. The van der Waals surface area contributed by atoms with Gasteiger partial charge >= 0.3 is 0 Å². The van der Waals surface area contributed by atoms with Crippen molar-refractivity contribution in [2.75, 3.05) is 0 Å². The first-order valence-corrected chi connectivity index (χ1v) is 13.4. The minimum Gasteiger partial charge on any atom is -0.507 e. The fourth-order valence-corrected chi connectivity index (χ4v) is 5.17. The molecular weight excluding hydrogens is 444 g/mol. The second-order valence-corrected chi connectivity index (χ2v) is 13.2. The van der Waals surface area contributed by atoms with Gasteiger partial charge < -0.3 is 10.2 Å². The molecule has 1 aliphatic rings. The van der Waals surface area contributed by atoms with Gasteiger partial charge in [-0.05, 0) is 97.6 Å². The molecular formula is C32H46N2O2. The standard InChI is InChI=1S/C32H46N2O2/c1-21-12-23(17-31(3,4)5)14-25(29(21)35)19-33-27-10-9-11-28(16-27)34-20-26-15-24(18-32(6,7)8)13-22(2)30(26)36/h12-15,19-20,27-28,35-36H,9-11,16-18H2,1-8H3. The number of benzene rings is 2. The fraction of sp³-hybridized carbons (Fsp3) is 0.562.